The Hall–Kier alpha value is -2.73. The Balaban J connectivity index is 2.44. The summed E-state index contributed by atoms with van der Waals surface area (Å²) in [7, 11) is 0. The molecule has 0 amide bonds. The van der Waals surface area contributed by atoms with Crippen LogP contribution in [0, 0.1) is 18.3 Å². The second-order valence-electron chi connectivity index (χ2n) is 4.41. The Labute approximate surface area is 112 Å². The van der Waals surface area contributed by atoms with Crippen LogP contribution in [0.15, 0.2) is 42.5 Å². The highest BCUT2D eigenvalue weighted by Gasteiger charge is 2.02. The van der Waals surface area contributed by atoms with E-state index in [2.05, 4.69) is 6.07 Å². The van der Waals surface area contributed by atoms with Crippen molar-refractivity contribution in [1.82, 2.24) is 0 Å². The molecule has 3 heteroatoms. The van der Waals surface area contributed by atoms with Crippen molar-refractivity contribution in [2.75, 3.05) is 11.5 Å². The first-order chi connectivity index (χ1) is 9.10. The molecule has 0 fully saturated rings. The number of nitrogens with two attached hydrogens (primary N) is 2. The fraction of sp³-hybridized carbons (Fsp3) is 0.0625. The van der Waals surface area contributed by atoms with Gasteiger partial charge in [-0.3, -0.25) is 0 Å². The van der Waals surface area contributed by atoms with Crippen LogP contribution in [0.3, 0.4) is 0 Å². The quantitative estimate of drug-likeness (QED) is 0.487. The van der Waals surface area contributed by atoms with Crippen molar-refractivity contribution in [3.8, 4) is 6.07 Å². The predicted octanol–water partition coefficient (Wildman–Crippen LogP) is 3.22. The highest BCUT2D eigenvalue weighted by atomic mass is 14.5. The molecular weight excluding hydrogens is 234 g/mol. The number of rotatable bonds is 2. The maximum atomic E-state index is 9.28. The van der Waals surface area contributed by atoms with Crippen molar-refractivity contribution in [2.24, 2.45) is 0 Å². The van der Waals surface area contributed by atoms with Gasteiger partial charge < -0.3 is 11.5 Å². The van der Waals surface area contributed by atoms with Crippen molar-refractivity contribution in [3.63, 3.8) is 0 Å². The molecule has 0 radical (unpaired) electrons. The summed E-state index contributed by atoms with van der Waals surface area (Å²) in [5.41, 5.74) is 16.3. The monoisotopic (exact) mass is 249 g/mol. The van der Waals surface area contributed by atoms with Crippen molar-refractivity contribution in [3.05, 3.63) is 59.2 Å². The normalized spacial score (nSPS) is 11.1. The van der Waals surface area contributed by atoms with Crippen LogP contribution in [0.2, 0.25) is 0 Å². The van der Waals surface area contributed by atoms with Gasteiger partial charge in [-0.05, 0) is 54.0 Å². The summed E-state index contributed by atoms with van der Waals surface area (Å²) in [5, 5.41) is 9.28. The van der Waals surface area contributed by atoms with E-state index >= 15 is 0 Å². The number of hydrogen-bond donors (Lipinski definition) is 2. The summed E-state index contributed by atoms with van der Waals surface area (Å²) < 4.78 is 0. The lowest BCUT2D eigenvalue weighted by Crippen LogP contribution is -1.89. The third-order valence-electron chi connectivity index (χ3n) is 2.94. The van der Waals surface area contributed by atoms with Gasteiger partial charge in [0.05, 0.1) is 11.6 Å². The van der Waals surface area contributed by atoms with Gasteiger partial charge in [0.25, 0.3) is 0 Å². The number of aryl methyl sites for hydroxylation is 1. The number of benzene rings is 2. The second kappa shape index (κ2) is 5.28. The summed E-state index contributed by atoms with van der Waals surface area (Å²) >= 11 is 0. The van der Waals surface area contributed by atoms with Crippen molar-refractivity contribution in [1.29, 1.82) is 5.26 Å². The Bertz CT molecular complexity index is 661. The molecule has 0 spiro atoms. The summed E-state index contributed by atoms with van der Waals surface area (Å²) in [6, 6.07) is 15.1. The maximum Gasteiger partial charge on any atom is 0.0998 e. The maximum absolute atomic E-state index is 9.28. The van der Waals surface area contributed by atoms with Crippen molar-refractivity contribution >= 4 is 23.0 Å². The average Bonchev–Trinajstić information content (AvgIpc) is 2.39. The highest BCUT2D eigenvalue weighted by molar-refractivity contribution is 5.90. The van der Waals surface area contributed by atoms with Gasteiger partial charge in [0, 0.05) is 11.4 Å². The first kappa shape index (κ1) is 12.7. The van der Waals surface area contributed by atoms with E-state index < -0.39 is 0 Å². The van der Waals surface area contributed by atoms with Gasteiger partial charge in [0.2, 0.25) is 0 Å². The van der Waals surface area contributed by atoms with Gasteiger partial charge in [0.15, 0.2) is 0 Å². The van der Waals surface area contributed by atoms with Gasteiger partial charge in [-0.2, -0.15) is 5.26 Å². The lowest BCUT2D eigenvalue weighted by atomic mass is 10.0. The van der Waals surface area contributed by atoms with Gasteiger partial charge in [0.1, 0.15) is 0 Å². The first-order valence-corrected chi connectivity index (χ1v) is 5.94. The largest absolute Gasteiger partial charge is 0.399 e. The molecule has 0 aliphatic carbocycles. The average molecular weight is 249 g/mol. The molecule has 0 heterocycles. The number of anilines is 2. The smallest absolute Gasteiger partial charge is 0.0998 e. The first-order valence-electron chi connectivity index (χ1n) is 5.94. The number of nitrogens with zero attached hydrogens (tertiary/aromatic N) is 1. The van der Waals surface area contributed by atoms with Crippen LogP contribution in [-0.4, -0.2) is 0 Å². The number of nitriles is 1. The molecule has 2 aromatic rings. The molecule has 0 bridgehead atoms. The van der Waals surface area contributed by atoms with Crippen molar-refractivity contribution in [2.45, 2.75) is 6.92 Å². The molecule has 0 aliphatic heterocycles. The molecule has 0 saturated carbocycles. The summed E-state index contributed by atoms with van der Waals surface area (Å²) in [6.45, 7) is 1.97. The van der Waals surface area contributed by atoms with E-state index in [1.54, 1.807) is 12.1 Å². The molecule has 4 N–H and O–H groups in total. The molecule has 2 aromatic carbocycles. The van der Waals surface area contributed by atoms with E-state index in [-0.39, 0.29) is 0 Å². The minimum atomic E-state index is 0.605. The van der Waals surface area contributed by atoms with Crippen LogP contribution >= 0.6 is 0 Å². The number of allylic oxidation sites excluding steroid dienone is 1. The van der Waals surface area contributed by atoms with Gasteiger partial charge in [-0.25, -0.2) is 0 Å². The standard InChI is InChI=1S/C16H15N3/c1-11-8-16(19)7-4-13(11)9-14(10-17)12-2-5-15(18)6-3-12/h2-9H,18-19H2,1H3/b14-9+. The molecule has 0 aliphatic rings. The SMILES string of the molecule is Cc1cc(N)ccc1/C=C(\C#N)c1ccc(N)cc1. The summed E-state index contributed by atoms with van der Waals surface area (Å²) in [5.74, 6) is 0. The van der Waals surface area contributed by atoms with E-state index in [4.69, 9.17) is 11.5 Å². The second-order valence-corrected chi connectivity index (χ2v) is 4.41. The van der Waals surface area contributed by atoms with E-state index in [1.165, 1.54) is 0 Å². The molecule has 19 heavy (non-hydrogen) atoms. The van der Waals surface area contributed by atoms with Gasteiger partial charge in [-0.15, -0.1) is 0 Å². The Morgan fingerprint density at radius 1 is 1.05 bits per heavy atom. The third-order valence-corrected chi connectivity index (χ3v) is 2.94. The van der Waals surface area contributed by atoms with E-state index in [0.717, 1.165) is 22.4 Å². The van der Waals surface area contributed by atoms with Crippen LogP contribution in [0.5, 0.6) is 0 Å². The molecule has 0 atom stereocenters. The summed E-state index contributed by atoms with van der Waals surface area (Å²) in [6.07, 6.45) is 1.86. The zero-order chi connectivity index (χ0) is 13.8. The van der Waals surface area contributed by atoms with Crippen LogP contribution < -0.4 is 11.5 Å². The number of hydrogen-bond acceptors (Lipinski definition) is 3. The zero-order valence-electron chi connectivity index (χ0n) is 10.7. The molecule has 2 rings (SSSR count). The fourth-order valence-electron chi connectivity index (χ4n) is 1.86. The fourth-order valence-corrected chi connectivity index (χ4v) is 1.86. The van der Waals surface area contributed by atoms with Crippen LogP contribution in [0.4, 0.5) is 11.4 Å². The molecule has 0 unspecified atom stereocenters. The predicted molar refractivity (Wildman–Crippen MR) is 79.9 cm³/mol. The van der Waals surface area contributed by atoms with E-state index in [9.17, 15) is 5.26 Å². The van der Waals surface area contributed by atoms with Crippen LogP contribution in [-0.2, 0) is 0 Å². The minimum Gasteiger partial charge on any atom is -0.399 e. The van der Waals surface area contributed by atoms with Gasteiger partial charge >= 0.3 is 0 Å². The summed E-state index contributed by atoms with van der Waals surface area (Å²) in [4.78, 5) is 0. The zero-order valence-corrected chi connectivity index (χ0v) is 10.7. The highest BCUT2D eigenvalue weighted by Crippen LogP contribution is 2.21. The Kier molecular flexibility index (Phi) is 3.53. The Morgan fingerprint density at radius 3 is 2.26 bits per heavy atom. The molecule has 94 valence electrons. The van der Waals surface area contributed by atoms with E-state index in [1.807, 2.05) is 43.3 Å². The molecule has 0 aromatic heterocycles. The molecule has 3 nitrogen and oxygen atoms in total. The lowest BCUT2D eigenvalue weighted by molar-refractivity contribution is 1.44. The van der Waals surface area contributed by atoms with Crippen molar-refractivity contribution < 1.29 is 0 Å². The minimum absolute atomic E-state index is 0.605. The van der Waals surface area contributed by atoms with E-state index in [0.29, 0.717) is 11.3 Å². The molecule has 0 saturated heterocycles. The molecular formula is C16H15N3. The lowest BCUT2D eigenvalue weighted by Gasteiger charge is -2.04. The third kappa shape index (κ3) is 2.93. The van der Waals surface area contributed by atoms with Crippen LogP contribution in [0.25, 0.3) is 11.6 Å². The topological polar surface area (TPSA) is 75.8 Å². The Morgan fingerprint density at radius 2 is 1.68 bits per heavy atom. The van der Waals surface area contributed by atoms with Gasteiger partial charge in [-0.1, -0.05) is 18.2 Å². The van der Waals surface area contributed by atoms with Crippen LogP contribution in [0.1, 0.15) is 16.7 Å². The number of nitrogen functional groups attached to an aromatic ring is 2.